The van der Waals surface area contributed by atoms with E-state index >= 15 is 0 Å². The van der Waals surface area contributed by atoms with Gasteiger partial charge >= 0.3 is 0 Å². The number of halogens is 1. The normalized spacial score (nSPS) is 10.2. The predicted octanol–water partition coefficient (Wildman–Crippen LogP) is 3.39. The maximum atomic E-state index is 12.1. The van der Waals surface area contributed by atoms with E-state index in [0.717, 1.165) is 9.35 Å². The second-order valence-electron chi connectivity index (χ2n) is 4.11. The Morgan fingerprint density at radius 3 is 2.76 bits per heavy atom. The molecule has 0 aliphatic rings. The van der Waals surface area contributed by atoms with Crippen LogP contribution in [0.4, 0.5) is 11.4 Å². The molecule has 110 valence electrons. The van der Waals surface area contributed by atoms with Crippen molar-refractivity contribution in [3.63, 3.8) is 0 Å². The summed E-state index contributed by atoms with van der Waals surface area (Å²) in [7, 11) is 1.59. The number of hydrogen-bond donors (Lipinski definition) is 2. The highest BCUT2D eigenvalue weighted by Crippen LogP contribution is 2.25. The molecule has 21 heavy (non-hydrogen) atoms. The molecule has 0 saturated heterocycles. The van der Waals surface area contributed by atoms with Crippen LogP contribution in [0.3, 0.4) is 0 Å². The highest BCUT2D eigenvalue weighted by molar-refractivity contribution is 9.10. The van der Waals surface area contributed by atoms with Gasteiger partial charge in [0.15, 0.2) is 0 Å². The monoisotopic (exact) mass is 369 g/mol. The number of amides is 1. The van der Waals surface area contributed by atoms with E-state index in [1.54, 1.807) is 13.1 Å². The lowest BCUT2D eigenvalue weighted by Crippen LogP contribution is -2.22. The van der Waals surface area contributed by atoms with Crippen LogP contribution in [0.5, 0.6) is 0 Å². The first-order valence-electron chi connectivity index (χ1n) is 5.99. The number of rotatable bonds is 5. The lowest BCUT2D eigenvalue weighted by molar-refractivity contribution is -0.384. The second-order valence-corrected chi connectivity index (χ2v) is 5.97. The molecule has 0 fully saturated rings. The molecule has 0 spiro atoms. The van der Waals surface area contributed by atoms with Gasteiger partial charge in [-0.1, -0.05) is 0 Å². The van der Waals surface area contributed by atoms with E-state index in [1.165, 1.54) is 23.5 Å². The number of nitro groups is 1. The van der Waals surface area contributed by atoms with Gasteiger partial charge in [-0.05, 0) is 39.5 Å². The largest absolute Gasteiger partial charge is 0.383 e. The van der Waals surface area contributed by atoms with Crippen molar-refractivity contribution < 1.29 is 9.72 Å². The molecular weight excluding hydrogens is 358 g/mol. The van der Waals surface area contributed by atoms with Gasteiger partial charge in [-0.2, -0.15) is 0 Å². The van der Waals surface area contributed by atoms with E-state index in [9.17, 15) is 14.9 Å². The quantitative estimate of drug-likeness (QED) is 0.624. The van der Waals surface area contributed by atoms with Crippen LogP contribution in [-0.2, 0) is 6.54 Å². The average Bonchev–Trinajstić information content (AvgIpc) is 2.89. The molecule has 0 unspecified atom stereocenters. The lowest BCUT2D eigenvalue weighted by Gasteiger charge is -2.06. The highest BCUT2D eigenvalue weighted by Gasteiger charge is 2.16. The van der Waals surface area contributed by atoms with Gasteiger partial charge in [-0.3, -0.25) is 14.9 Å². The Labute approximate surface area is 133 Å². The molecule has 8 heteroatoms. The van der Waals surface area contributed by atoms with Crippen molar-refractivity contribution in [3.8, 4) is 0 Å². The van der Waals surface area contributed by atoms with Crippen molar-refractivity contribution in [3.05, 3.63) is 54.7 Å². The van der Waals surface area contributed by atoms with Gasteiger partial charge in [0.2, 0.25) is 0 Å². The predicted molar refractivity (Wildman–Crippen MR) is 85.8 cm³/mol. The number of benzene rings is 1. The third kappa shape index (κ3) is 3.59. The molecule has 1 aromatic heterocycles. The zero-order chi connectivity index (χ0) is 15.4. The van der Waals surface area contributed by atoms with Crippen molar-refractivity contribution in [1.29, 1.82) is 0 Å². The van der Waals surface area contributed by atoms with Crippen LogP contribution in [0.2, 0.25) is 0 Å². The van der Waals surface area contributed by atoms with E-state index in [1.807, 2.05) is 11.4 Å². The number of carbonyl (C=O) groups is 1. The van der Waals surface area contributed by atoms with Crippen molar-refractivity contribution in [2.24, 2.45) is 0 Å². The van der Waals surface area contributed by atoms with Crippen molar-refractivity contribution in [2.45, 2.75) is 6.54 Å². The Morgan fingerprint density at radius 1 is 1.43 bits per heavy atom. The Kier molecular flexibility index (Phi) is 4.92. The van der Waals surface area contributed by atoms with Gasteiger partial charge < -0.3 is 10.6 Å². The molecule has 6 nitrogen and oxygen atoms in total. The molecular formula is C13H12BrN3O3S. The minimum Gasteiger partial charge on any atom is -0.383 e. The minimum absolute atomic E-state index is 0.123. The van der Waals surface area contributed by atoms with Crippen LogP contribution in [0, 0.1) is 10.1 Å². The number of nitrogens with one attached hydrogen (secondary N) is 2. The number of nitrogens with zero attached hydrogens (tertiary/aromatic N) is 1. The van der Waals surface area contributed by atoms with E-state index < -0.39 is 4.92 Å². The fraction of sp³-hybridized carbons (Fsp3) is 0.154. The Hall–Kier alpha value is -1.93. The summed E-state index contributed by atoms with van der Waals surface area (Å²) in [6.45, 7) is 0.374. The molecule has 1 heterocycles. The van der Waals surface area contributed by atoms with E-state index in [-0.39, 0.29) is 17.2 Å². The van der Waals surface area contributed by atoms with Crippen molar-refractivity contribution in [1.82, 2.24) is 5.32 Å². The number of nitro benzene ring substituents is 1. The number of anilines is 1. The number of carbonyl (C=O) groups excluding carboxylic acids is 1. The molecule has 1 aromatic carbocycles. The summed E-state index contributed by atoms with van der Waals surface area (Å²) in [6, 6.07) is 6.25. The molecule has 0 radical (unpaired) electrons. The SMILES string of the molecule is CNc1ccc(C(=O)NCc2sccc2Br)cc1[N+](=O)[O-]. The smallest absolute Gasteiger partial charge is 0.293 e. The van der Waals surface area contributed by atoms with Crippen molar-refractivity contribution in [2.75, 3.05) is 12.4 Å². The number of hydrogen-bond acceptors (Lipinski definition) is 5. The van der Waals surface area contributed by atoms with Crippen LogP contribution >= 0.6 is 27.3 Å². The maximum absolute atomic E-state index is 12.1. The zero-order valence-electron chi connectivity index (χ0n) is 11.1. The summed E-state index contributed by atoms with van der Waals surface area (Å²) in [5.74, 6) is -0.346. The molecule has 1 amide bonds. The highest BCUT2D eigenvalue weighted by atomic mass is 79.9. The minimum atomic E-state index is -0.515. The summed E-state index contributed by atoms with van der Waals surface area (Å²) in [5, 5.41) is 18.4. The van der Waals surface area contributed by atoms with Gasteiger partial charge in [0.05, 0.1) is 11.5 Å². The summed E-state index contributed by atoms with van der Waals surface area (Å²) in [6.07, 6.45) is 0. The number of thiophene rings is 1. The molecule has 0 aliphatic heterocycles. The first kappa shape index (κ1) is 15.5. The third-order valence-corrected chi connectivity index (χ3v) is 4.75. The molecule has 0 bridgehead atoms. The molecule has 0 saturated carbocycles. The summed E-state index contributed by atoms with van der Waals surface area (Å²) >= 11 is 4.90. The molecule has 2 rings (SSSR count). The summed E-state index contributed by atoms with van der Waals surface area (Å²) in [5.41, 5.74) is 0.508. The third-order valence-electron chi connectivity index (χ3n) is 2.83. The van der Waals surface area contributed by atoms with Gasteiger partial charge in [0.25, 0.3) is 11.6 Å². The van der Waals surface area contributed by atoms with Gasteiger partial charge in [-0.25, -0.2) is 0 Å². The first-order chi connectivity index (χ1) is 10.0. The van der Waals surface area contributed by atoms with E-state index in [4.69, 9.17) is 0 Å². The Balaban J connectivity index is 2.14. The van der Waals surface area contributed by atoms with E-state index in [0.29, 0.717) is 12.2 Å². The van der Waals surface area contributed by atoms with Crippen LogP contribution < -0.4 is 10.6 Å². The fourth-order valence-electron chi connectivity index (χ4n) is 1.75. The topological polar surface area (TPSA) is 84.3 Å². The van der Waals surface area contributed by atoms with Crippen LogP contribution in [-0.4, -0.2) is 17.9 Å². The standard InChI is InChI=1S/C13H12BrN3O3S/c1-15-10-3-2-8(6-11(10)17(19)20)13(18)16-7-12-9(14)4-5-21-12/h2-6,15H,7H2,1H3,(H,16,18). The zero-order valence-corrected chi connectivity index (χ0v) is 13.5. The summed E-state index contributed by atoms with van der Waals surface area (Å²) in [4.78, 5) is 23.5. The van der Waals surface area contributed by atoms with Gasteiger partial charge in [-0.15, -0.1) is 11.3 Å². The van der Waals surface area contributed by atoms with Gasteiger partial charge in [0, 0.05) is 28.0 Å². The summed E-state index contributed by atoms with van der Waals surface area (Å²) < 4.78 is 0.935. The van der Waals surface area contributed by atoms with Crippen LogP contribution in [0.15, 0.2) is 34.1 Å². The van der Waals surface area contributed by atoms with Crippen LogP contribution in [0.25, 0.3) is 0 Å². The van der Waals surface area contributed by atoms with Crippen LogP contribution in [0.1, 0.15) is 15.2 Å². The molecule has 0 atom stereocenters. The first-order valence-corrected chi connectivity index (χ1v) is 7.66. The molecule has 2 aromatic rings. The molecule has 0 aliphatic carbocycles. The fourth-order valence-corrected chi connectivity index (χ4v) is 3.18. The lowest BCUT2D eigenvalue weighted by atomic mass is 10.1. The van der Waals surface area contributed by atoms with E-state index in [2.05, 4.69) is 26.6 Å². The maximum Gasteiger partial charge on any atom is 0.293 e. The van der Waals surface area contributed by atoms with Gasteiger partial charge in [0.1, 0.15) is 5.69 Å². The Morgan fingerprint density at radius 2 is 2.19 bits per heavy atom. The Bertz CT molecular complexity index is 687. The molecule has 2 N–H and O–H groups in total. The second kappa shape index (κ2) is 6.68. The average molecular weight is 370 g/mol. The van der Waals surface area contributed by atoms with Crippen molar-refractivity contribution >= 4 is 44.5 Å².